The molecular formula is C11H14F3NO. The molecule has 0 radical (unpaired) electrons. The van der Waals surface area contributed by atoms with E-state index in [-0.39, 0.29) is 6.04 Å². The van der Waals surface area contributed by atoms with Crippen LogP contribution in [0.2, 0.25) is 0 Å². The molecule has 2 N–H and O–H groups in total. The van der Waals surface area contributed by atoms with Crippen molar-refractivity contribution in [2.24, 2.45) is 5.73 Å². The Balaban J connectivity index is 2.75. The highest BCUT2D eigenvalue weighted by Crippen LogP contribution is 2.29. The van der Waals surface area contributed by atoms with Crippen LogP contribution < -0.4 is 5.73 Å². The fourth-order valence-corrected chi connectivity index (χ4v) is 1.45. The Kier molecular flexibility index (Phi) is 4.32. The van der Waals surface area contributed by atoms with Gasteiger partial charge < -0.3 is 10.5 Å². The number of methoxy groups -OCH3 is 1. The fraction of sp³-hybridized carbons (Fsp3) is 0.455. The highest BCUT2D eigenvalue weighted by Gasteiger charge is 2.30. The predicted molar refractivity (Wildman–Crippen MR) is 55.0 cm³/mol. The van der Waals surface area contributed by atoms with Crippen molar-refractivity contribution >= 4 is 0 Å². The molecular weight excluding hydrogens is 219 g/mol. The third kappa shape index (κ3) is 3.83. The van der Waals surface area contributed by atoms with E-state index in [0.717, 1.165) is 12.1 Å². The van der Waals surface area contributed by atoms with Gasteiger partial charge in [-0.15, -0.1) is 0 Å². The van der Waals surface area contributed by atoms with Crippen molar-refractivity contribution in [1.82, 2.24) is 0 Å². The molecule has 1 aromatic carbocycles. The van der Waals surface area contributed by atoms with Crippen molar-refractivity contribution in [2.45, 2.75) is 18.6 Å². The van der Waals surface area contributed by atoms with Gasteiger partial charge in [-0.05, 0) is 18.1 Å². The van der Waals surface area contributed by atoms with Crippen LogP contribution in [0, 0.1) is 0 Å². The van der Waals surface area contributed by atoms with Gasteiger partial charge in [0, 0.05) is 13.2 Å². The minimum absolute atomic E-state index is 0.284. The van der Waals surface area contributed by atoms with Crippen LogP contribution in [-0.4, -0.2) is 19.8 Å². The van der Waals surface area contributed by atoms with Gasteiger partial charge in [-0.1, -0.05) is 18.2 Å². The summed E-state index contributed by atoms with van der Waals surface area (Å²) in [5.41, 5.74) is 5.59. The first kappa shape index (κ1) is 13.0. The summed E-state index contributed by atoms with van der Waals surface area (Å²) >= 11 is 0. The zero-order valence-electron chi connectivity index (χ0n) is 8.92. The van der Waals surface area contributed by atoms with Crippen LogP contribution in [0.15, 0.2) is 24.3 Å². The number of halogens is 3. The number of alkyl halides is 3. The Morgan fingerprint density at radius 3 is 2.62 bits per heavy atom. The van der Waals surface area contributed by atoms with Crippen molar-refractivity contribution in [3.8, 4) is 0 Å². The summed E-state index contributed by atoms with van der Waals surface area (Å²) in [5.74, 6) is 0. The molecule has 1 unspecified atom stereocenters. The number of hydrogen-bond acceptors (Lipinski definition) is 2. The average Bonchev–Trinajstić information content (AvgIpc) is 2.17. The summed E-state index contributed by atoms with van der Waals surface area (Å²) in [5, 5.41) is 0. The third-order valence-corrected chi connectivity index (χ3v) is 2.13. The van der Waals surface area contributed by atoms with Gasteiger partial charge in [0.15, 0.2) is 0 Å². The van der Waals surface area contributed by atoms with Gasteiger partial charge in [0.25, 0.3) is 0 Å². The van der Waals surface area contributed by atoms with Crippen LogP contribution in [0.25, 0.3) is 0 Å². The summed E-state index contributed by atoms with van der Waals surface area (Å²) in [6.45, 7) is 0.330. The molecule has 0 amide bonds. The quantitative estimate of drug-likeness (QED) is 0.865. The number of benzene rings is 1. The SMILES string of the molecule is COCC(N)Cc1cccc(C(F)(F)F)c1. The lowest BCUT2D eigenvalue weighted by molar-refractivity contribution is -0.137. The summed E-state index contributed by atoms with van der Waals surface area (Å²) < 4.78 is 42.0. The summed E-state index contributed by atoms with van der Waals surface area (Å²) in [7, 11) is 1.51. The zero-order chi connectivity index (χ0) is 12.2. The second-order valence-electron chi connectivity index (χ2n) is 3.62. The lowest BCUT2D eigenvalue weighted by Crippen LogP contribution is -2.28. The van der Waals surface area contributed by atoms with E-state index in [0.29, 0.717) is 18.6 Å². The molecule has 0 saturated heterocycles. The maximum Gasteiger partial charge on any atom is 0.416 e. The smallest absolute Gasteiger partial charge is 0.383 e. The predicted octanol–water partition coefficient (Wildman–Crippen LogP) is 2.22. The van der Waals surface area contributed by atoms with Gasteiger partial charge in [0.1, 0.15) is 0 Å². The van der Waals surface area contributed by atoms with E-state index in [2.05, 4.69) is 0 Å². The van der Waals surface area contributed by atoms with Crippen LogP contribution in [-0.2, 0) is 17.3 Å². The lowest BCUT2D eigenvalue weighted by Gasteiger charge is -2.12. The van der Waals surface area contributed by atoms with E-state index in [1.54, 1.807) is 6.07 Å². The highest BCUT2D eigenvalue weighted by molar-refractivity contribution is 5.26. The molecule has 1 aromatic rings. The first-order valence-corrected chi connectivity index (χ1v) is 4.84. The minimum Gasteiger partial charge on any atom is -0.383 e. The molecule has 2 nitrogen and oxygen atoms in total. The molecule has 1 rings (SSSR count). The molecule has 0 aliphatic heterocycles. The molecule has 0 saturated carbocycles. The normalized spacial score (nSPS) is 13.8. The molecule has 0 aromatic heterocycles. The van der Waals surface area contributed by atoms with Gasteiger partial charge in [0.2, 0.25) is 0 Å². The molecule has 16 heavy (non-hydrogen) atoms. The average molecular weight is 233 g/mol. The topological polar surface area (TPSA) is 35.2 Å². The Morgan fingerprint density at radius 2 is 2.06 bits per heavy atom. The molecule has 0 aliphatic rings. The number of hydrogen-bond donors (Lipinski definition) is 1. The van der Waals surface area contributed by atoms with E-state index in [9.17, 15) is 13.2 Å². The largest absolute Gasteiger partial charge is 0.416 e. The van der Waals surface area contributed by atoms with Crippen molar-refractivity contribution < 1.29 is 17.9 Å². The van der Waals surface area contributed by atoms with Gasteiger partial charge >= 0.3 is 6.18 Å². The van der Waals surface area contributed by atoms with Crippen LogP contribution in [0.3, 0.4) is 0 Å². The Hall–Kier alpha value is -1.07. The van der Waals surface area contributed by atoms with Crippen LogP contribution >= 0.6 is 0 Å². The number of rotatable bonds is 4. The molecule has 1 atom stereocenters. The van der Waals surface area contributed by atoms with Crippen LogP contribution in [0.4, 0.5) is 13.2 Å². The first-order valence-electron chi connectivity index (χ1n) is 4.84. The second-order valence-corrected chi connectivity index (χ2v) is 3.62. The summed E-state index contributed by atoms with van der Waals surface area (Å²) in [6.07, 6.45) is -3.93. The van der Waals surface area contributed by atoms with Gasteiger partial charge in [-0.3, -0.25) is 0 Å². The molecule has 0 bridgehead atoms. The minimum atomic E-state index is -4.30. The number of nitrogens with two attached hydrogens (primary N) is 1. The molecule has 5 heteroatoms. The van der Waals surface area contributed by atoms with Crippen molar-refractivity contribution in [3.63, 3.8) is 0 Å². The Bertz CT molecular complexity index is 338. The van der Waals surface area contributed by atoms with E-state index in [4.69, 9.17) is 10.5 Å². The Morgan fingerprint density at radius 1 is 1.38 bits per heavy atom. The Labute approximate surface area is 92.2 Å². The van der Waals surface area contributed by atoms with Gasteiger partial charge in [-0.2, -0.15) is 13.2 Å². The number of ether oxygens (including phenoxy) is 1. The molecule has 90 valence electrons. The van der Waals surface area contributed by atoms with Crippen molar-refractivity contribution in [3.05, 3.63) is 35.4 Å². The molecule has 0 spiro atoms. The van der Waals surface area contributed by atoms with Gasteiger partial charge in [-0.25, -0.2) is 0 Å². The maximum atomic E-state index is 12.4. The first-order chi connectivity index (χ1) is 7.43. The van der Waals surface area contributed by atoms with Crippen molar-refractivity contribution in [2.75, 3.05) is 13.7 Å². The zero-order valence-corrected chi connectivity index (χ0v) is 8.92. The summed E-state index contributed by atoms with van der Waals surface area (Å²) in [6, 6.07) is 4.90. The van der Waals surface area contributed by atoms with E-state index in [1.807, 2.05) is 0 Å². The highest BCUT2D eigenvalue weighted by atomic mass is 19.4. The molecule has 0 fully saturated rings. The second kappa shape index (κ2) is 5.32. The fourth-order valence-electron chi connectivity index (χ4n) is 1.45. The van der Waals surface area contributed by atoms with Crippen molar-refractivity contribution in [1.29, 1.82) is 0 Å². The van der Waals surface area contributed by atoms with E-state index >= 15 is 0 Å². The standard InChI is InChI=1S/C11H14F3NO/c1-16-7-10(15)6-8-3-2-4-9(5-8)11(12,13)14/h2-5,10H,6-7,15H2,1H3. The van der Waals surface area contributed by atoms with E-state index < -0.39 is 11.7 Å². The van der Waals surface area contributed by atoms with Gasteiger partial charge in [0.05, 0.1) is 12.2 Å². The maximum absolute atomic E-state index is 12.4. The monoisotopic (exact) mass is 233 g/mol. The molecule has 0 heterocycles. The van der Waals surface area contributed by atoms with Crippen LogP contribution in [0.5, 0.6) is 0 Å². The molecule has 0 aliphatic carbocycles. The summed E-state index contributed by atoms with van der Waals surface area (Å²) in [4.78, 5) is 0. The third-order valence-electron chi connectivity index (χ3n) is 2.13. The van der Waals surface area contributed by atoms with E-state index in [1.165, 1.54) is 13.2 Å². The lowest BCUT2D eigenvalue weighted by atomic mass is 10.0. The van der Waals surface area contributed by atoms with Crippen LogP contribution in [0.1, 0.15) is 11.1 Å².